The first-order chi connectivity index (χ1) is 12.3. The van der Waals surface area contributed by atoms with Crippen molar-refractivity contribution < 1.29 is 12.8 Å². The number of halogens is 1. The fourth-order valence-corrected chi connectivity index (χ4v) is 3.87. The molecule has 7 heteroatoms. The van der Waals surface area contributed by atoms with Crippen molar-refractivity contribution in [2.75, 3.05) is 7.05 Å². The van der Waals surface area contributed by atoms with Crippen molar-refractivity contribution in [2.45, 2.75) is 19.2 Å². The third-order valence-corrected chi connectivity index (χ3v) is 6.02. The summed E-state index contributed by atoms with van der Waals surface area (Å²) in [5, 5.41) is 0.586. The Hall–Kier alpha value is -2.15. The summed E-state index contributed by atoms with van der Waals surface area (Å²) in [6.07, 6.45) is 0. The highest BCUT2D eigenvalue weighted by Gasteiger charge is 2.22. The molecule has 0 aliphatic carbocycles. The predicted molar refractivity (Wildman–Crippen MR) is 102 cm³/mol. The van der Waals surface area contributed by atoms with Crippen LogP contribution in [-0.4, -0.2) is 24.8 Å². The minimum Gasteiger partial charge on any atom is -0.441 e. The molecule has 0 aliphatic rings. The van der Waals surface area contributed by atoms with Crippen LogP contribution in [0.2, 0.25) is 5.02 Å². The van der Waals surface area contributed by atoms with Gasteiger partial charge in [-0.25, -0.2) is 13.4 Å². The molecule has 0 radical (unpaired) electrons. The van der Waals surface area contributed by atoms with Gasteiger partial charge in [-0.05, 0) is 30.7 Å². The van der Waals surface area contributed by atoms with Gasteiger partial charge in [-0.15, -0.1) is 0 Å². The summed E-state index contributed by atoms with van der Waals surface area (Å²) in [6, 6.07) is 16.3. The summed E-state index contributed by atoms with van der Waals surface area (Å²) in [5.74, 6) is 0.957. The van der Waals surface area contributed by atoms with Crippen LogP contribution < -0.4 is 0 Å². The summed E-state index contributed by atoms with van der Waals surface area (Å²) in [5.41, 5.74) is 2.08. The largest absolute Gasteiger partial charge is 0.441 e. The van der Waals surface area contributed by atoms with Crippen LogP contribution in [0, 0.1) is 6.92 Å². The molecule has 0 N–H and O–H groups in total. The lowest BCUT2D eigenvalue weighted by molar-refractivity contribution is 0.457. The number of hydrogen-bond donors (Lipinski definition) is 0. The highest BCUT2D eigenvalue weighted by atomic mass is 35.5. The van der Waals surface area contributed by atoms with Crippen molar-refractivity contribution in [3.05, 3.63) is 76.6 Å². The van der Waals surface area contributed by atoms with Crippen molar-refractivity contribution in [3.8, 4) is 11.5 Å². The second-order valence-corrected chi connectivity index (χ2v) is 8.54. The Morgan fingerprint density at radius 2 is 1.85 bits per heavy atom. The van der Waals surface area contributed by atoms with Crippen molar-refractivity contribution in [3.63, 3.8) is 0 Å². The third-order valence-electron chi connectivity index (χ3n) is 4.00. The topological polar surface area (TPSA) is 63.4 Å². The van der Waals surface area contributed by atoms with E-state index >= 15 is 0 Å². The number of oxazole rings is 1. The van der Waals surface area contributed by atoms with E-state index in [1.54, 1.807) is 38.2 Å². The van der Waals surface area contributed by atoms with Crippen molar-refractivity contribution in [1.82, 2.24) is 9.29 Å². The second-order valence-electron chi connectivity index (χ2n) is 6.03. The minimum absolute atomic E-state index is 0.0532. The van der Waals surface area contributed by atoms with Gasteiger partial charge >= 0.3 is 0 Å². The zero-order chi connectivity index (χ0) is 18.7. The van der Waals surface area contributed by atoms with Crippen molar-refractivity contribution in [2.24, 2.45) is 0 Å². The van der Waals surface area contributed by atoms with E-state index in [9.17, 15) is 8.42 Å². The van der Waals surface area contributed by atoms with Gasteiger partial charge in [0.25, 0.3) is 0 Å². The lowest BCUT2D eigenvalue weighted by atomic mass is 10.2. The molecule has 2 aromatic carbocycles. The molecule has 1 aromatic heterocycles. The van der Waals surface area contributed by atoms with Gasteiger partial charge in [-0.1, -0.05) is 48.0 Å². The maximum atomic E-state index is 12.6. The average molecular weight is 391 g/mol. The highest BCUT2D eigenvalue weighted by molar-refractivity contribution is 7.88. The first-order valence-electron chi connectivity index (χ1n) is 8.05. The fourth-order valence-electron chi connectivity index (χ4n) is 2.52. The standard InChI is InChI=1S/C19H19ClN2O3S/c1-14-18(21-19(25-14)16-9-6-10-17(20)11-16)12-22(2)26(23,24)13-15-7-4-3-5-8-15/h3-11H,12-13H2,1-2H3. The Kier molecular flexibility index (Phi) is 5.46. The maximum Gasteiger partial charge on any atom is 0.226 e. The van der Waals surface area contributed by atoms with Crippen LogP contribution in [0.5, 0.6) is 0 Å². The van der Waals surface area contributed by atoms with Gasteiger partial charge in [-0.3, -0.25) is 0 Å². The van der Waals surface area contributed by atoms with Crippen LogP contribution in [0.3, 0.4) is 0 Å². The van der Waals surface area contributed by atoms with Crippen LogP contribution >= 0.6 is 11.6 Å². The number of rotatable bonds is 6. The number of benzene rings is 2. The van der Waals surface area contributed by atoms with E-state index in [4.69, 9.17) is 16.0 Å². The van der Waals surface area contributed by atoms with E-state index in [0.29, 0.717) is 22.4 Å². The van der Waals surface area contributed by atoms with Gasteiger partial charge < -0.3 is 4.42 Å². The molecular weight excluding hydrogens is 372 g/mol. The van der Waals surface area contributed by atoms with Gasteiger partial charge in [0.15, 0.2) is 0 Å². The van der Waals surface area contributed by atoms with E-state index in [0.717, 1.165) is 11.1 Å². The number of aromatic nitrogens is 1. The summed E-state index contributed by atoms with van der Waals surface area (Å²) in [7, 11) is -1.91. The van der Waals surface area contributed by atoms with Crippen molar-refractivity contribution >= 4 is 21.6 Å². The van der Waals surface area contributed by atoms with Crippen molar-refractivity contribution in [1.29, 1.82) is 0 Å². The van der Waals surface area contributed by atoms with E-state index in [1.807, 2.05) is 30.3 Å². The fraction of sp³-hybridized carbons (Fsp3) is 0.211. The van der Waals surface area contributed by atoms with E-state index in [-0.39, 0.29) is 12.3 Å². The molecular formula is C19H19ClN2O3S. The number of nitrogens with zero attached hydrogens (tertiary/aromatic N) is 2. The Morgan fingerprint density at radius 3 is 2.54 bits per heavy atom. The zero-order valence-electron chi connectivity index (χ0n) is 14.5. The third kappa shape index (κ3) is 4.33. The normalized spacial score (nSPS) is 11.8. The number of hydrogen-bond acceptors (Lipinski definition) is 4. The molecule has 136 valence electrons. The summed E-state index contributed by atoms with van der Waals surface area (Å²) < 4.78 is 32.2. The molecule has 26 heavy (non-hydrogen) atoms. The van der Waals surface area contributed by atoms with Crippen LogP contribution in [0.15, 0.2) is 59.0 Å². The van der Waals surface area contributed by atoms with E-state index in [2.05, 4.69) is 4.98 Å². The first-order valence-corrected chi connectivity index (χ1v) is 10.0. The number of sulfonamides is 1. The van der Waals surface area contributed by atoms with Crippen LogP contribution in [0.1, 0.15) is 17.0 Å². The quantitative estimate of drug-likeness (QED) is 0.630. The van der Waals surface area contributed by atoms with E-state index in [1.165, 1.54) is 4.31 Å². The van der Waals surface area contributed by atoms with Gasteiger partial charge in [0.2, 0.25) is 15.9 Å². The number of aryl methyl sites for hydroxylation is 1. The zero-order valence-corrected chi connectivity index (χ0v) is 16.1. The Bertz CT molecular complexity index is 1000. The molecule has 0 atom stereocenters. The predicted octanol–water partition coefficient (Wildman–Crippen LogP) is 4.27. The molecule has 3 rings (SSSR count). The summed E-state index contributed by atoms with van der Waals surface area (Å²) >= 11 is 6.01. The molecule has 3 aromatic rings. The second kappa shape index (κ2) is 7.61. The Labute approximate surface area is 158 Å². The minimum atomic E-state index is -3.46. The Balaban J connectivity index is 1.78. The van der Waals surface area contributed by atoms with Crippen LogP contribution in [0.4, 0.5) is 0 Å². The van der Waals surface area contributed by atoms with Gasteiger partial charge in [0, 0.05) is 17.6 Å². The molecule has 0 aliphatic heterocycles. The molecule has 0 amide bonds. The molecule has 0 spiro atoms. The molecule has 0 saturated carbocycles. The van der Waals surface area contributed by atoms with Gasteiger partial charge in [-0.2, -0.15) is 4.31 Å². The van der Waals surface area contributed by atoms with Crippen LogP contribution in [0.25, 0.3) is 11.5 Å². The highest BCUT2D eigenvalue weighted by Crippen LogP contribution is 2.25. The lowest BCUT2D eigenvalue weighted by Crippen LogP contribution is -2.28. The summed E-state index contributed by atoms with van der Waals surface area (Å²) in [4.78, 5) is 4.45. The molecule has 0 bridgehead atoms. The SMILES string of the molecule is Cc1oc(-c2cccc(Cl)c2)nc1CN(C)S(=O)(=O)Cc1ccccc1. The maximum absolute atomic E-state index is 12.6. The van der Waals surface area contributed by atoms with Gasteiger partial charge in [0.1, 0.15) is 5.76 Å². The molecule has 0 saturated heterocycles. The first kappa shape index (κ1) is 18.6. The average Bonchev–Trinajstić information content (AvgIpc) is 2.96. The van der Waals surface area contributed by atoms with E-state index < -0.39 is 10.0 Å². The molecule has 0 fully saturated rings. The summed E-state index contributed by atoms with van der Waals surface area (Å²) in [6.45, 7) is 1.92. The molecule has 0 unspecified atom stereocenters. The smallest absolute Gasteiger partial charge is 0.226 e. The lowest BCUT2D eigenvalue weighted by Gasteiger charge is -2.16. The molecule has 5 nitrogen and oxygen atoms in total. The molecule has 1 heterocycles. The van der Waals surface area contributed by atoms with Gasteiger partial charge in [0.05, 0.1) is 18.0 Å². The monoisotopic (exact) mass is 390 g/mol. The Morgan fingerprint density at radius 1 is 1.12 bits per heavy atom. The van der Waals surface area contributed by atoms with Crippen LogP contribution in [-0.2, 0) is 22.3 Å².